The number of aromatic nitrogens is 1. The molecule has 0 bridgehead atoms. The average molecular weight is 419 g/mol. The molecule has 1 heterocycles. The quantitative estimate of drug-likeness (QED) is 0.661. The van der Waals surface area contributed by atoms with Crippen LogP contribution in [0.4, 0.5) is 0 Å². The van der Waals surface area contributed by atoms with Gasteiger partial charge in [0.05, 0.1) is 11.4 Å². The van der Waals surface area contributed by atoms with Crippen LogP contribution in [-0.4, -0.2) is 31.6 Å². The maximum absolute atomic E-state index is 13.5. The molecule has 0 fully saturated rings. The van der Waals surface area contributed by atoms with Crippen molar-refractivity contribution < 1.29 is 18.0 Å². The molecule has 0 radical (unpaired) electrons. The fourth-order valence-corrected chi connectivity index (χ4v) is 5.04. The van der Waals surface area contributed by atoms with Gasteiger partial charge >= 0.3 is 0 Å². The largest absolute Gasteiger partial charge is 0.349 e. The first-order chi connectivity index (χ1) is 13.1. The Morgan fingerprint density at radius 2 is 1.71 bits per heavy atom. The number of Topliss-reactive ketones (excluding diaryl/α,β-unsaturated/α-hetero) is 1. The molecule has 1 amide bonds. The molecule has 0 aliphatic heterocycles. The van der Waals surface area contributed by atoms with Crippen molar-refractivity contribution >= 4 is 44.0 Å². The molecule has 1 aromatic heterocycles. The number of amides is 1. The second-order valence-electron chi connectivity index (χ2n) is 6.73. The van der Waals surface area contributed by atoms with E-state index in [1.54, 1.807) is 38.1 Å². The first-order valence-electron chi connectivity index (χ1n) is 8.52. The van der Waals surface area contributed by atoms with Crippen molar-refractivity contribution in [2.45, 2.75) is 30.6 Å². The molecule has 0 aliphatic rings. The zero-order valence-electron chi connectivity index (χ0n) is 15.6. The number of benzene rings is 2. The number of rotatable bonds is 5. The van der Waals surface area contributed by atoms with Crippen LogP contribution < -0.4 is 5.32 Å². The summed E-state index contributed by atoms with van der Waals surface area (Å²) in [5.74, 6) is -0.920. The fourth-order valence-electron chi connectivity index (χ4n) is 3.08. The van der Waals surface area contributed by atoms with E-state index < -0.39 is 15.7 Å². The minimum absolute atomic E-state index is 0.0893. The van der Waals surface area contributed by atoms with E-state index in [-0.39, 0.29) is 27.8 Å². The molecule has 3 aromatic rings. The third-order valence-electron chi connectivity index (χ3n) is 4.21. The highest BCUT2D eigenvalue weighted by atomic mass is 35.5. The molecule has 3 rings (SSSR count). The second kappa shape index (κ2) is 7.41. The van der Waals surface area contributed by atoms with Crippen molar-refractivity contribution in [1.29, 1.82) is 0 Å². The molecule has 0 aliphatic carbocycles. The highest BCUT2D eigenvalue weighted by Crippen LogP contribution is 2.34. The molecule has 0 saturated carbocycles. The first-order valence-corrected chi connectivity index (χ1v) is 10.4. The average Bonchev–Trinajstić information content (AvgIpc) is 2.98. The molecule has 8 heteroatoms. The van der Waals surface area contributed by atoms with Gasteiger partial charge in [-0.2, -0.15) is 0 Å². The first kappa shape index (κ1) is 20.1. The van der Waals surface area contributed by atoms with Crippen LogP contribution in [0.3, 0.4) is 0 Å². The topological polar surface area (TPSA) is 96.1 Å². The molecule has 0 saturated heterocycles. The van der Waals surface area contributed by atoms with Crippen LogP contribution in [0.1, 0.15) is 28.5 Å². The normalized spacial score (nSPS) is 11.6. The number of H-pyrrole nitrogens is 1. The van der Waals surface area contributed by atoms with E-state index >= 15 is 0 Å². The number of aryl methyl sites for hydroxylation is 2. The van der Waals surface area contributed by atoms with Gasteiger partial charge in [0.15, 0.2) is 0 Å². The van der Waals surface area contributed by atoms with E-state index in [0.29, 0.717) is 15.9 Å². The summed E-state index contributed by atoms with van der Waals surface area (Å²) < 4.78 is 27.0. The fraction of sp³-hybridized carbons (Fsp3) is 0.200. The SMILES string of the molecule is CC(=O)CNC(=O)c1[nH]c2ccc(Cl)cc2c1S(=O)(=O)c1cc(C)cc(C)c1. The molecule has 28 heavy (non-hydrogen) atoms. The Bertz CT molecular complexity index is 1190. The van der Waals surface area contributed by atoms with Crippen molar-refractivity contribution in [1.82, 2.24) is 10.3 Å². The number of sulfone groups is 1. The Kier molecular flexibility index (Phi) is 5.32. The standard InChI is InChI=1S/C20H19ClN2O4S/c1-11-6-12(2)8-15(7-11)28(26,27)19-16-9-14(21)4-5-17(16)23-18(19)20(25)22-10-13(3)24/h4-9,23H,10H2,1-3H3,(H,22,25). The van der Waals surface area contributed by atoms with E-state index in [0.717, 1.165) is 11.1 Å². The highest BCUT2D eigenvalue weighted by Gasteiger charge is 2.30. The van der Waals surface area contributed by atoms with Crippen LogP contribution >= 0.6 is 11.6 Å². The summed E-state index contributed by atoms with van der Waals surface area (Å²) in [6.45, 7) is 4.74. The van der Waals surface area contributed by atoms with Crippen LogP contribution in [0, 0.1) is 13.8 Å². The third kappa shape index (κ3) is 3.81. The van der Waals surface area contributed by atoms with Crippen LogP contribution in [0.5, 0.6) is 0 Å². The lowest BCUT2D eigenvalue weighted by Crippen LogP contribution is -2.29. The van der Waals surface area contributed by atoms with E-state index in [1.165, 1.54) is 13.0 Å². The van der Waals surface area contributed by atoms with Gasteiger partial charge in [0.25, 0.3) is 5.91 Å². The number of fused-ring (bicyclic) bond motifs is 1. The molecule has 2 aromatic carbocycles. The molecule has 2 N–H and O–H groups in total. The van der Waals surface area contributed by atoms with Crippen LogP contribution in [0.25, 0.3) is 10.9 Å². The van der Waals surface area contributed by atoms with E-state index in [1.807, 2.05) is 6.07 Å². The Balaban J connectivity index is 2.27. The van der Waals surface area contributed by atoms with Crippen molar-refractivity contribution in [2.24, 2.45) is 0 Å². The van der Waals surface area contributed by atoms with Gasteiger partial charge in [-0.1, -0.05) is 17.7 Å². The number of hydrogen-bond acceptors (Lipinski definition) is 4. The predicted molar refractivity (Wildman–Crippen MR) is 108 cm³/mol. The minimum Gasteiger partial charge on any atom is -0.349 e. The maximum atomic E-state index is 13.5. The van der Waals surface area contributed by atoms with E-state index in [2.05, 4.69) is 10.3 Å². The van der Waals surface area contributed by atoms with Gasteiger partial charge in [0, 0.05) is 15.9 Å². The monoisotopic (exact) mass is 418 g/mol. The van der Waals surface area contributed by atoms with Gasteiger partial charge in [-0.25, -0.2) is 8.42 Å². The molecule has 0 spiro atoms. The van der Waals surface area contributed by atoms with Gasteiger partial charge in [0.2, 0.25) is 9.84 Å². The summed E-state index contributed by atoms with van der Waals surface area (Å²) in [6.07, 6.45) is 0. The zero-order chi connectivity index (χ0) is 20.6. The van der Waals surface area contributed by atoms with Gasteiger partial charge in [0.1, 0.15) is 16.4 Å². The molecular weight excluding hydrogens is 400 g/mol. The van der Waals surface area contributed by atoms with Crippen molar-refractivity contribution in [3.8, 4) is 0 Å². The van der Waals surface area contributed by atoms with Crippen LogP contribution in [0.15, 0.2) is 46.2 Å². The summed E-state index contributed by atoms with van der Waals surface area (Å²) >= 11 is 6.07. The molecule has 0 atom stereocenters. The smallest absolute Gasteiger partial charge is 0.269 e. The van der Waals surface area contributed by atoms with E-state index in [9.17, 15) is 18.0 Å². The number of halogens is 1. The van der Waals surface area contributed by atoms with Crippen molar-refractivity contribution in [3.63, 3.8) is 0 Å². The van der Waals surface area contributed by atoms with Crippen molar-refractivity contribution in [3.05, 3.63) is 58.2 Å². The maximum Gasteiger partial charge on any atom is 0.269 e. The third-order valence-corrected chi connectivity index (χ3v) is 6.27. The summed E-state index contributed by atoms with van der Waals surface area (Å²) in [7, 11) is -4.03. The number of hydrogen-bond donors (Lipinski definition) is 2. The molecular formula is C20H19ClN2O4S. The lowest BCUT2D eigenvalue weighted by Gasteiger charge is -2.09. The minimum atomic E-state index is -4.03. The van der Waals surface area contributed by atoms with Gasteiger partial charge in [-0.3, -0.25) is 9.59 Å². The Hall–Kier alpha value is -2.64. The number of nitrogens with one attached hydrogen (secondary N) is 2. The lowest BCUT2D eigenvalue weighted by atomic mass is 10.2. The Morgan fingerprint density at radius 3 is 2.32 bits per heavy atom. The zero-order valence-corrected chi connectivity index (χ0v) is 17.2. The van der Waals surface area contributed by atoms with Gasteiger partial charge in [-0.15, -0.1) is 0 Å². The van der Waals surface area contributed by atoms with Gasteiger partial charge in [-0.05, 0) is 62.2 Å². The highest BCUT2D eigenvalue weighted by molar-refractivity contribution is 7.91. The summed E-state index contributed by atoms with van der Waals surface area (Å²) in [5, 5.41) is 3.11. The Morgan fingerprint density at radius 1 is 1.07 bits per heavy atom. The molecule has 6 nitrogen and oxygen atoms in total. The molecule has 146 valence electrons. The van der Waals surface area contributed by atoms with Crippen molar-refractivity contribution in [2.75, 3.05) is 6.54 Å². The predicted octanol–water partition coefficient (Wildman–Crippen LogP) is 3.59. The summed E-state index contributed by atoms with van der Waals surface area (Å²) in [4.78, 5) is 26.7. The number of carbonyl (C=O) groups is 2. The van der Waals surface area contributed by atoms with Gasteiger partial charge < -0.3 is 10.3 Å². The van der Waals surface area contributed by atoms with Crippen LogP contribution in [0.2, 0.25) is 5.02 Å². The number of carbonyl (C=O) groups excluding carboxylic acids is 2. The number of ketones is 1. The second-order valence-corrected chi connectivity index (χ2v) is 9.05. The molecule has 0 unspecified atom stereocenters. The Labute approximate surface area is 167 Å². The summed E-state index contributed by atoms with van der Waals surface area (Å²) in [5.41, 5.74) is 1.91. The number of aromatic amines is 1. The summed E-state index contributed by atoms with van der Waals surface area (Å²) in [6, 6.07) is 9.70. The lowest BCUT2D eigenvalue weighted by molar-refractivity contribution is -0.116. The van der Waals surface area contributed by atoms with Crippen LogP contribution in [-0.2, 0) is 14.6 Å². The van der Waals surface area contributed by atoms with E-state index in [4.69, 9.17) is 11.6 Å².